The van der Waals surface area contributed by atoms with Crippen LogP contribution in [0.25, 0.3) is 10.8 Å². The van der Waals surface area contributed by atoms with Crippen molar-refractivity contribution in [3.05, 3.63) is 78.0 Å². The van der Waals surface area contributed by atoms with Gasteiger partial charge in [0.05, 0.1) is 36.0 Å². The minimum atomic E-state index is -5.08. The van der Waals surface area contributed by atoms with Crippen molar-refractivity contribution in [3.8, 4) is 11.5 Å². The first kappa shape index (κ1) is 43.9. The molecule has 18 heteroatoms. The van der Waals surface area contributed by atoms with Gasteiger partial charge in [0.1, 0.15) is 11.9 Å². The van der Waals surface area contributed by atoms with Gasteiger partial charge >= 0.3 is 18.2 Å². The molecule has 0 saturated carbocycles. The number of nitrogens with one attached hydrogen (secondary N) is 2. The van der Waals surface area contributed by atoms with Gasteiger partial charge in [0, 0.05) is 29.5 Å². The van der Waals surface area contributed by atoms with Crippen molar-refractivity contribution in [1.29, 1.82) is 0 Å². The number of anilines is 3. The third-order valence-electron chi connectivity index (χ3n) is 8.82. The van der Waals surface area contributed by atoms with Crippen LogP contribution in [0, 0.1) is 0 Å². The molecule has 308 valence electrons. The Kier molecular flexibility index (Phi) is 14.2. The Labute approximate surface area is 328 Å². The molecule has 57 heavy (non-hydrogen) atoms. The number of nitrogen functional groups attached to an aromatic ring is 1. The predicted molar refractivity (Wildman–Crippen MR) is 208 cm³/mol. The molecule has 0 bridgehead atoms. The van der Waals surface area contributed by atoms with Crippen molar-refractivity contribution in [3.63, 3.8) is 0 Å². The lowest BCUT2D eigenvalue weighted by Gasteiger charge is -2.32. The number of carbonyl (C=O) groups excluding carboxylic acids is 2. The number of aromatic nitrogens is 1. The molecule has 0 radical (unpaired) electrons. The van der Waals surface area contributed by atoms with Gasteiger partial charge in [0.25, 0.3) is 0 Å². The second-order valence-electron chi connectivity index (χ2n) is 13.5. The van der Waals surface area contributed by atoms with Gasteiger partial charge in [-0.1, -0.05) is 6.07 Å². The highest BCUT2D eigenvalue weighted by molar-refractivity contribution is 7.92. The summed E-state index contributed by atoms with van der Waals surface area (Å²) in [6.45, 7) is 9.75. The fourth-order valence-corrected chi connectivity index (χ4v) is 7.45. The molecule has 1 saturated heterocycles. The number of benzene rings is 3. The minimum absolute atomic E-state index is 0.0961. The molecule has 1 aromatic heterocycles. The largest absolute Gasteiger partial charge is 0.490 e. The van der Waals surface area contributed by atoms with E-state index in [0.29, 0.717) is 65.8 Å². The monoisotopic (exact) mass is 817 g/mol. The number of halogens is 3. The molecule has 1 aliphatic rings. The summed E-state index contributed by atoms with van der Waals surface area (Å²) in [5.41, 5.74) is 8.20. The van der Waals surface area contributed by atoms with Crippen molar-refractivity contribution in [2.75, 3.05) is 36.6 Å². The summed E-state index contributed by atoms with van der Waals surface area (Å²) in [4.78, 5) is 41.9. The van der Waals surface area contributed by atoms with Gasteiger partial charge < -0.3 is 35.3 Å². The number of carboxylic acid groups (broad SMARTS) is 1. The summed E-state index contributed by atoms with van der Waals surface area (Å²) in [5.74, 6) is -1.56. The van der Waals surface area contributed by atoms with Crippen LogP contribution < -0.4 is 25.8 Å². The quantitative estimate of drug-likeness (QED) is 0.110. The molecular formula is C39H46F3N5O9S. The minimum Gasteiger partial charge on any atom is -0.490 e. The number of pyridine rings is 1. The Morgan fingerprint density at radius 3 is 2.30 bits per heavy atom. The molecule has 2 heterocycles. The standard InChI is InChI=1S/C37H45N5O7S.C2HF3O2/c1-7-48-32-20-25(10-14-31(32)49-22(2)3)34(40-26-11-13-28-24(19-26)16-17-39-35(28)38)36(43)42-18-8-9-30(42)29-21-27(41-37(44)47-6)12-15-33(29)50(45,46)23(4)5;3-2(4,5)1(6)7/h10-17,19-23,30,34,40H,7-9,18H2,1-6H3,(H2,38,39)(H,41,44);(H,6,7)/t30-,34+;/m0./s1. The molecule has 3 aromatic carbocycles. The van der Waals surface area contributed by atoms with Crippen molar-refractivity contribution in [2.24, 2.45) is 0 Å². The van der Waals surface area contributed by atoms with Gasteiger partial charge in [-0.25, -0.2) is 23.0 Å². The fourth-order valence-electron chi connectivity index (χ4n) is 6.16. The molecule has 0 unspecified atom stereocenters. The van der Waals surface area contributed by atoms with E-state index in [2.05, 4.69) is 15.6 Å². The van der Waals surface area contributed by atoms with Crippen LogP contribution >= 0.6 is 0 Å². The Morgan fingerprint density at radius 1 is 1.00 bits per heavy atom. The van der Waals surface area contributed by atoms with Gasteiger partial charge in [-0.2, -0.15) is 13.2 Å². The van der Waals surface area contributed by atoms with Crippen LogP contribution in [0.4, 0.5) is 35.2 Å². The van der Waals surface area contributed by atoms with Crippen molar-refractivity contribution < 1.29 is 55.3 Å². The van der Waals surface area contributed by atoms with Gasteiger partial charge in [-0.05, 0) is 119 Å². The maximum Gasteiger partial charge on any atom is 0.490 e. The van der Waals surface area contributed by atoms with E-state index in [1.54, 1.807) is 43.1 Å². The van der Waals surface area contributed by atoms with E-state index in [0.717, 1.165) is 10.8 Å². The highest BCUT2D eigenvalue weighted by atomic mass is 32.2. The zero-order valence-electron chi connectivity index (χ0n) is 32.2. The number of methoxy groups -OCH3 is 1. The summed E-state index contributed by atoms with van der Waals surface area (Å²) >= 11 is 0. The van der Waals surface area contributed by atoms with E-state index < -0.39 is 45.4 Å². The molecule has 1 fully saturated rings. The Bertz CT molecular complexity index is 2200. The number of amides is 2. The highest BCUT2D eigenvalue weighted by Gasteiger charge is 2.39. The number of hydrogen-bond acceptors (Lipinski definition) is 11. The second kappa shape index (κ2) is 18.4. The summed E-state index contributed by atoms with van der Waals surface area (Å²) < 4.78 is 75.8. The van der Waals surface area contributed by atoms with Crippen LogP contribution in [-0.4, -0.2) is 79.2 Å². The van der Waals surface area contributed by atoms with Crippen molar-refractivity contribution >= 4 is 55.8 Å². The molecule has 0 aliphatic carbocycles. The number of carbonyl (C=O) groups is 3. The predicted octanol–water partition coefficient (Wildman–Crippen LogP) is 7.51. The van der Waals surface area contributed by atoms with Gasteiger partial charge in [-0.3, -0.25) is 10.1 Å². The SMILES string of the molecule is CCOc1cc([C@@H](Nc2ccc3c(N)nccc3c2)C(=O)N2CCC[C@H]2c2cc(NC(=O)OC)ccc2S(=O)(=O)C(C)C)ccc1OC(C)C.O=C(O)C(F)(F)F. The number of alkyl halides is 3. The van der Waals surface area contributed by atoms with E-state index in [1.165, 1.54) is 19.2 Å². The molecule has 5 rings (SSSR count). The Hall–Kier alpha value is -5.78. The number of hydrogen-bond donors (Lipinski definition) is 4. The molecule has 5 N–H and O–H groups in total. The van der Waals surface area contributed by atoms with E-state index in [4.69, 9.17) is 29.8 Å². The van der Waals surface area contributed by atoms with Crippen LogP contribution in [0.5, 0.6) is 11.5 Å². The normalized spacial score (nSPS) is 14.8. The lowest BCUT2D eigenvalue weighted by molar-refractivity contribution is -0.192. The molecule has 0 spiro atoms. The van der Waals surface area contributed by atoms with E-state index in [1.807, 2.05) is 51.1 Å². The van der Waals surface area contributed by atoms with E-state index >= 15 is 0 Å². The first-order valence-corrected chi connectivity index (χ1v) is 19.5. The first-order valence-electron chi connectivity index (χ1n) is 18.0. The fraction of sp³-hybridized carbons (Fsp3) is 0.385. The number of carboxylic acids is 1. The summed E-state index contributed by atoms with van der Waals surface area (Å²) in [6.07, 6.45) is -3.07. The van der Waals surface area contributed by atoms with Gasteiger partial charge in [-0.15, -0.1) is 0 Å². The number of nitrogens with zero attached hydrogens (tertiary/aromatic N) is 2. The summed E-state index contributed by atoms with van der Waals surface area (Å²) in [6, 6.07) is 16.0. The summed E-state index contributed by atoms with van der Waals surface area (Å²) in [7, 11) is -2.51. The lowest BCUT2D eigenvalue weighted by atomic mass is 10.00. The van der Waals surface area contributed by atoms with Crippen LogP contribution in [0.3, 0.4) is 0 Å². The lowest BCUT2D eigenvalue weighted by Crippen LogP contribution is -2.38. The number of sulfone groups is 1. The molecule has 14 nitrogen and oxygen atoms in total. The smallest absolute Gasteiger partial charge is 0.490 e. The van der Waals surface area contributed by atoms with Gasteiger partial charge in [0.15, 0.2) is 21.3 Å². The average molecular weight is 818 g/mol. The van der Waals surface area contributed by atoms with Crippen molar-refractivity contribution in [1.82, 2.24) is 9.88 Å². The number of rotatable bonds is 12. The maximum absolute atomic E-state index is 14.9. The van der Waals surface area contributed by atoms with Crippen LogP contribution in [0.2, 0.25) is 0 Å². The molecule has 1 aliphatic heterocycles. The molecule has 2 amide bonds. The average Bonchev–Trinajstić information content (AvgIpc) is 3.64. The third-order valence-corrected chi connectivity index (χ3v) is 11.0. The number of fused-ring (bicyclic) bond motifs is 1. The van der Waals surface area contributed by atoms with Crippen LogP contribution in [0.1, 0.15) is 70.7 Å². The Morgan fingerprint density at radius 2 is 1.68 bits per heavy atom. The zero-order valence-corrected chi connectivity index (χ0v) is 33.0. The Balaban J connectivity index is 0.000000940. The van der Waals surface area contributed by atoms with Gasteiger partial charge in [0.2, 0.25) is 5.91 Å². The van der Waals surface area contributed by atoms with Crippen LogP contribution in [0.15, 0.2) is 71.8 Å². The first-order chi connectivity index (χ1) is 26.8. The van der Waals surface area contributed by atoms with Crippen LogP contribution in [-0.2, 0) is 24.2 Å². The number of nitrogens with two attached hydrogens (primary N) is 1. The summed E-state index contributed by atoms with van der Waals surface area (Å²) in [5, 5.41) is 14.1. The van der Waals surface area contributed by atoms with E-state index in [-0.39, 0.29) is 16.9 Å². The van der Waals surface area contributed by atoms with E-state index in [9.17, 15) is 31.2 Å². The maximum atomic E-state index is 14.9. The second-order valence-corrected chi connectivity index (χ2v) is 15.9. The number of likely N-dealkylation sites (tertiary alicyclic amines) is 1. The third kappa shape index (κ3) is 10.8. The topological polar surface area (TPSA) is 199 Å². The highest BCUT2D eigenvalue weighted by Crippen LogP contribution is 2.41. The number of ether oxygens (including phenoxy) is 3. The zero-order chi connectivity index (χ0) is 42.2. The molecule has 4 aromatic rings. The molecular weight excluding hydrogens is 772 g/mol. The molecule has 2 atom stereocenters. The number of aliphatic carboxylic acids is 1. The van der Waals surface area contributed by atoms with Crippen molar-refractivity contribution in [2.45, 2.75) is 82.0 Å².